The lowest BCUT2D eigenvalue weighted by atomic mass is 9.94. The number of benzene rings is 1. The maximum Gasteiger partial charge on any atom is 0.287 e. The molecule has 0 saturated heterocycles. The number of rotatable bonds is 4. The number of fused-ring (bicyclic) bond motifs is 2. The second-order valence-electron chi connectivity index (χ2n) is 6.62. The molecule has 0 bridgehead atoms. The SMILES string of the molecule is Cc1c(C(=O)NCCc2ccc3c(c2)OCCO3)oc2c1C(=O)CCC2. The highest BCUT2D eigenvalue weighted by Crippen LogP contribution is 2.31. The monoisotopic (exact) mass is 355 g/mol. The van der Waals surface area contributed by atoms with Gasteiger partial charge in [-0.1, -0.05) is 6.07 Å². The van der Waals surface area contributed by atoms with Gasteiger partial charge in [-0.25, -0.2) is 0 Å². The Labute approximate surface area is 151 Å². The number of ether oxygens (including phenoxy) is 2. The van der Waals surface area contributed by atoms with Gasteiger partial charge >= 0.3 is 0 Å². The van der Waals surface area contributed by atoms with Crippen LogP contribution in [0, 0.1) is 6.92 Å². The normalized spacial score (nSPS) is 15.5. The van der Waals surface area contributed by atoms with E-state index in [4.69, 9.17) is 13.9 Å². The fraction of sp³-hybridized carbons (Fsp3) is 0.400. The summed E-state index contributed by atoms with van der Waals surface area (Å²) in [7, 11) is 0. The first-order valence-corrected chi connectivity index (χ1v) is 8.95. The molecular weight excluding hydrogens is 334 g/mol. The Morgan fingerprint density at radius 3 is 2.77 bits per heavy atom. The number of carbonyl (C=O) groups is 2. The van der Waals surface area contributed by atoms with Crippen molar-refractivity contribution in [1.29, 1.82) is 0 Å². The van der Waals surface area contributed by atoms with Gasteiger partial charge < -0.3 is 19.2 Å². The number of hydrogen-bond donors (Lipinski definition) is 1. The van der Waals surface area contributed by atoms with Crippen molar-refractivity contribution in [3.8, 4) is 11.5 Å². The second kappa shape index (κ2) is 6.86. The van der Waals surface area contributed by atoms with Crippen LogP contribution in [0.15, 0.2) is 22.6 Å². The fourth-order valence-corrected chi connectivity index (χ4v) is 3.51. The van der Waals surface area contributed by atoms with Crippen molar-refractivity contribution < 1.29 is 23.5 Å². The zero-order chi connectivity index (χ0) is 18.1. The molecule has 1 aromatic heterocycles. The summed E-state index contributed by atoms with van der Waals surface area (Å²) in [5.74, 6) is 2.20. The first-order valence-electron chi connectivity index (χ1n) is 8.95. The van der Waals surface area contributed by atoms with Crippen LogP contribution in [0.5, 0.6) is 11.5 Å². The molecule has 6 nitrogen and oxygen atoms in total. The predicted molar refractivity (Wildman–Crippen MR) is 94.2 cm³/mol. The largest absolute Gasteiger partial charge is 0.486 e. The summed E-state index contributed by atoms with van der Waals surface area (Å²) >= 11 is 0. The number of Topliss-reactive ketones (excluding diaryl/α,β-unsaturated/α-hetero) is 1. The smallest absolute Gasteiger partial charge is 0.287 e. The molecule has 136 valence electrons. The Morgan fingerprint density at radius 1 is 1.15 bits per heavy atom. The van der Waals surface area contributed by atoms with Crippen molar-refractivity contribution in [2.45, 2.75) is 32.6 Å². The average Bonchev–Trinajstić information content (AvgIpc) is 2.99. The van der Waals surface area contributed by atoms with Crippen molar-refractivity contribution in [3.05, 3.63) is 46.4 Å². The Hall–Kier alpha value is -2.76. The van der Waals surface area contributed by atoms with Gasteiger partial charge in [0, 0.05) is 24.9 Å². The summed E-state index contributed by atoms with van der Waals surface area (Å²) in [4.78, 5) is 24.5. The Morgan fingerprint density at radius 2 is 1.96 bits per heavy atom. The van der Waals surface area contributed by atoms with E-state index in [2.05, 4.69) is 5.32 Å². The zero-order valence-electron chi connectivity index (χ0n) is 14.7. The Balaban J connectivity index is 1.40. The van der Waals surface area contributed by atoms with Crippen LogP contribution in [0.2, 0.25) is 0 Å². The van der Waals surface area contributed by atoms with E-state index in [0.29, 0.717) is 55.9 Å². The molecule has 0 saturated carbocycles. The molecule has 0 unspecified atom stereocenters. The van der Waals surface area contributed by atoms with Crippen molar-refractivity contribution in [2.24, 2.45) is 0 Å². The van der Waals surface area contributed by atoms with Crippen LogP contribution in [0.4, 0.5) is 0 Å². The summed E-state index contributed by atoms with van der Waals surface area (Å²) in [6, 6.07) is 5.80. The maximum absolute atomic E-state index is 12.5. The highest BCUT2D eigenvalue weighted by Gasteiger charge is 2.28. The highest BCUT2D eigenvalue weighted by molar-refractivity contribution is 6.03. The lowest BCUT2D eigenvalue weighted by Gasteiger charge is -2.18. The van der Waals surface area contributed by atoms with Gasteiger partial charge in [-0.2, -0.15) is 0 Å². The van der Waals surface area contributed by atoms with Crippen molar-refractivity contribution in [3.63, 3.8) is 0 Å². The summed E-state index contributed by atoms with van der Waals surface area (Å²) in [6.45, 7) is 3.37. The van der Waals surface area contributed by atoms with E-state index in [-0.39, 0.29) is 17.5 Å². The number of carbonyl (C=O) groups excluding carboxylic acids is 2. The molecule has 0 atom stereocenters. The molecular formula is C20H21NO5. The van der Waals surface area contributed by atoms with Crippen LogP contribution in [-0.2, 0) is 12.8 Å². The van der Waals surface area contributed by atoms with E-state index in [0.717, 1.165) is 23.5 Å². The van der Waals surface area contributed by atoms with E-state index in [9.17, 15) is 9.59 Å². The minimum absolute atomic E-state index is 0.0721. The molecule has 1 N–H and O–H groups in total. The van der Waals surface area contributed by atoms with Crippen LogP contribution in [-0.4, -0.2) is 31.4 Å². The molecule has 4 rings (SSSR count). The molecule has 0 spiro atoms. The molecule has 1 amide bonds. The van der Waals surface area contributed by atoms with Crippen molar-refractivity contribution in [1.82, 2.24) is 5.32 Å². The standard InChI is InChI=1S/C20H21NO5/c1-12-18-14(22)3-2-4-16(18)26-19(12)20(23)21-8-7-13-5-6-15-17(11-13)25-10-9-24-15/h5-6,11H,2-4,7-10H2,1H3,(H,21,23). The highest BCUT2D eigenvalue weighted by atomic mass is 16.6. The number of ketones is 1. The van der Waals surface area contributed by atoms with E-state index in [1.807, 2.05) is 18.2 Å². The van der Waals surface area contributed by atoms with Gasteiger partial charge in [0.05, 0.1) is 5.56 Å². The molecule has 2 aromatic rings. The summed E-state index contributed by atoms with van der Waals surface area (Å²) in [5.41, 5.74) is 2.31. The van der Waals surface area contributed by atoms with E-state index in [1.165, 1.54) is 0 Å². The van der Waals surface area contributed by atoms with Gasteiger partial charge in [0.1, 0.15) is 19.0 Å². The van der Waals surface area contributed by atoms with Gasteiger partial charge in [0.25, 0.3) is 5.91 Å². The Kier molecular flexibility index (Phi) is 4.41. The molecule has 6 heteroatoms. The van der Waals surface area contributed by atoms with E-state index < -0.39 is 0 Å². The van der Waals surface area contributed by atoms with Crippen molar-refractivity contribution in [2.75, 3.05) is 19.8 Å². The lowest BCUT2D eigenvalue weighted by molar-refractivity contribution is 0.0920. The first kappa shape index (κ1) is 16.7. The number of aryl methyl sites for hydroxylation is 1. The summed E-state index contributed by atoms with van der Waals surface area (Å²) < 4.78 is 16.8. The molecule has 2 aliphatic rings. The molecule has 26 heavy (non-hydrogen) atoms. The zero-order valence-corrected chi connectivity index (χ0v) is 14.7. The molecule has 0 radical (unpaired) electrons. The topological polar surface area (TPSA) is 77.8 Å². The number of furan rings is 1. The van der Waals surface area contributed by atoms with Crippen LogP contribution in [0.3, 0.4) is 0 Å². The molecule has 1 aliphatic carbocycles. The number of nitrogens with one attached hydrogen (secondary N) is 1. The third kappa shape index (κ3) is 3.07. The fourth-order valence-electron chi connectivity index (χ4n) is 3.51. The van der Waals surface area contributed by atoms with Crippen LogP contribution < -0.4 is 14.8 Å². The van der Waals surface area contributed by atoms with Gasteiger partial charge in [0.15, 0.2) is 23.0 Å². The molecule has 1 aliphatic heterocycles. The van der Waals surface area contributed by atoms with E-state index in [1.54, 1.807) is 6.92 Å². The minimum atomic E-state index is -0.276. The number of amides is 1. The average molecular weight is 355 g/mol. The van der Waals surface area contributed by atoms with Crippen molar-refractivity contribution >= 4 is 11.7 Å². The summed E-state index contributed by atoms with van der Waals surface area (Å²) in [6.07, 6.45) is 2.69. The summed E-state index contributed by atoms with van der Waals surface area (Å²) in [5, 5.41) is 2.88. The number of hydrogen-bond acceptors (Lipinski definition) is 5. The quantitative estimate of drug-likeness (QED) is 0.912. The predicted octanol–water partition coefficient (Wildman–Crippen LogP) is 2.85. The lowest BCUT2D eigenvalue weighted by Crippen LogP contribution is -2.26. The second-order valence-corrected chi connectivity index (χ2v) is 6.62. The van der Waals surface area contributed by atoms with Gasteiger partial charge in [-0.15, -0.1) is 0 Å². The van der Waals surface area contributed by atoms with E-state index >= 15 is 0 Å². The first-order chi connectivity index (χ1) is 12.6. The minimum Gasteiger partial charge on any atom is -0.486 e. The van der Waals surface area contributed by atoms with Crippen LogP contribution >= 0.6 is 0 Å². The molecule has 0 fully saturated rings. The molecule has 2 heterocycles. The van der Waals surface area contributed by atoms with Crippen LogP contribution in [0.1, 0.15) is 50.6 Å². The molecule has 1 aromatic carbocycles. The maximum atomic E-state index is 12.5. The van der Waals surface area contributed by atoms with Crippen LogP contribution in [0.25, 0.3) is 0 Å². The third-order valence-corrected chi connectivity index (χ3v) is 4.82. The van der Waals surface area contributed by atoms with Gasteiger partial charge in [-0.05, 0) is 37.5 Å². The Bertz CT molecular complexity index is 867. The van der Waals surface area contributed by atoms with Gasteiger partial charge in [0.2, 0.25) is 0 Å². The third-order valence-electron chi connectivity index (χ3n) is 4.82. The van der Waals surface area contributed by atoms with Gasteiger partial charge in [-0.3, -0.25) is 9.59 Å².